The molecule has 0 unspecified atom stereocenters. The first-order chi connectivity index (χ1) is 18.4. The summed E-state index contributed by atoms with van der Waals surface area (Å²) in [7, 11) is 8.30. The molecule has 0 saturated carbocycles. The molecule has 1 aromatic heterocycles. The van der Waals surface area contributed by atoms with Gasteiger partial charge in [0.05, 0.1) is 38.6 Å². The number of nitriles is 1. The van der Waals surface area contributed by atoms with E-state index in [1.807, 2.05) is 18.2 Å². The van der Waals surface area contributed by atoms with Crippen LogP contribution in [0.2, 0.25) is 0 Å². The van der Waals surface area contributed by atoms with Gasteiger partial charge in [-0.05, 0) is 49.7 Å². The van der Waals surface area contributed by atoms with Gasteiger partial charge in [0.15, 0.2) is 11.5 Å². The Labute approximate surface area is 222 Å². The standard InChI is InChI=1S/C28H32N6O4/c1-33(2)27(35)23-7-6-12-34(23)17-20-14-21(15-25(37-4)26(20)38-5)31-28-30-11-10-22(32-28)18-8-9-24(36-3)19(13-18)16-29/h8-11,13-15,23H,6-7,12,17H2,1-5H3,(H,30,31,32)/t23-/m0/s1. The molecule has 1 aliphatic rings. The first kappa shape index (κ1) is 26.7. The van der Waals surface area contributed by atoms with Gasteiger partial charge in [-0.3, -0.25) is 9.69 Å². The van der Waals surface area contributed by atoms with Crippen LogP contribution in [0.25, 0.3) is 11.3 Å². The molecule has 1 N–H and O–H groups in total. The summed E-state index contributed by atoms with van der Waals surface area (Å²) < 4.78 is 16.6. The van der Waals surface area contributed by atoms with Crippen LogP contribution in [-0.2, 0) is 11.3 Å². The third-order valence-corrected chi connectivity index (χ3v) is 6.55. The van der Waals surface area contributed by atoms with Gasteiger partial charge in [-0.25, -0.2) is 9.97 Å². The van der Waals surface area contributed by atoms with Crippen molar-refractivity contribution in [3.63, 3.8) is 0 Å². The summed E-state index contributed by atoms with van der Waals surface area (Å²) in [5.74, 6) is 2.18. The molecule has 0 aliphatic carbocycles. The van der Waals surface area contributed by atoms with E-state index in [0.29, 0.717) is 41.0 Å². The Hall–Kier alpha value is -4.36. The van der Waals surface area contributed by atoms with E-state index in [4.69, 9.17) is 14.2 Å². The molecule has 10 nitrogen and oxygen atoms in total. The van der Waals surface area contributed by atoms with Crippen molar-refractivity contribution in [2.75, 3.05) is 47.3 Å². The third-order valence-electron chi connectivity index (χ3n) is 6.55. The average Bonchev–Trinajstić information content (AvgIpc) is 3.39. The first-order valence-electron chi connectivity index (χ1n) is 12.3. The first-order valence-corrected chi connectivity index (χ1v) is 12.3. The van der Waals surface area contributed by atoms with Crippen LogP contribution < -0.4 is 19.5 Å². The predicted molar refractivity (Wildman–Crippen MR) is 144 cm³/mol. The molecule has 0 spiro atoms. The van der Waals surface area contributed by atoms with E-state index in [2.05, 4.69) is 26.3 Å². The lowest BCUT2D eigenvalue weighted by atomic mass is 10.1. The molecule has 198 valence electrons. The number of carbonyl (C=O) groups excluding carboxylic acids is 1. The summed E-state index contributed by atoms with van der Waals surface area (Å²) in [5, 5.41) is 12.7. The number of likely N-dealkylation sites (N-methyl/N-ethyl adjacent to an activating group) is 1. The van der Waals surface area contributed by atoms with E-state index >= 15 is 0 Å². The number of nitrogens with zero attached hydrogens (tertiary/aromatic N) is 5. The number of methoxy groups -OCH3 is 3. The van der Waals surface area contributed by atoms with Crippen LogP contribution in [0.5, 0.6) is 17.2 Å². The fourth-order valence-electron chi connectivity index (χ4n) is 4.71. The second-order valence-electron chi connectivity index (χ2n) is 9.15. The number of aromatic nitrogens is 2. The molecule has 1 fully saturated rings. The Bertz CT molecular complexity index is 1350. The molecule has 38 heavy (non-hydrogen) atoms. The van der Waals surface area contributed by atoms with Crippen molar-refractivity contribution < 1.29 is 19.0 Å². The van der Waals surface area contributed by atoms with Gasteiger partial charge in [-0.2, -0.15) is 5.26 Å². The molecule has 4 rings (SSSR count). The van der Waals surface area contributed by atoms with Gasteiger partial charge in [-0.1, -0.05) is 0 Å². The van der Waals surface area contributed by atoms with Crippen LogP contribution in [0.1, 0.15) is 24.0 Å². The van der Waals surface area contributed by atoms with Gasteiger partial charge in [0.1, 0.15) is 11.8 Å². The van der Waals surface area contributed by atoms with Gasteiger partial charge >= 0.3 is 0 Å². The largest absolute Gasteiger partial charge is 0.495 e. The summed E-state index contributed by atoms with van der Waals surface area (Å²) in [6, 6.07) is 12.9. The number of hydrogen-bond acceptors (Lipinski definition) is 9. The number of benzene rings is 2. The Morgan fingerprint density at radius 3 is 2.61 bits per heavy atom. The van der Waals surface area contributed by atoms with Crippen LogP contribution in [0.4, 0.5) is 11.6 Å². The Kier molecular flexibility index (Phi) is 8.28. The Balaban J connectivity index is 1.63. The molecule has 1 atom stereocenters. The molecule has 1 amide bonds. The van der Waals surface area contributed by atoms with Gasteiger partial charge in [0.25, 0.3) is 0 Å². The van der Waals surface area contributed by atoms with Gasteiger partial charge in [0.2, 0.25) is 11.9 Å². The number of carbonyl (C=O) groups is 1. The van der Waals surface area contributed by atoms with Crippen LogP contribution in [0, 0.1) is 11.3 Å². The molecule has 1 aliphatic heterocycles. The van der Waals surface area contributed by atoms with E-state index in [1.54, 1.807) is 57.6 Å². The molecule has 0 radical (unpaired) electrons. The highest BCUT2D eigenvalue weighted by atomic mass is 16.5. The van der Waals surface area contributed by atoms with Crippen LogP contribution in [-0.4, -0.2) is 73.7 Å². The van der Waals surface area contributed by atoms with Crippen molar-refractivity contribution in [1.29, 1.82) is 5.26 Å². The maximum absolute atomic E-state index is 12.7. The highest BCUT2D eigenvalue weighted by Gasteiger charge is 2.32. The fraction of sp³-hybridized carbons (Fsp3) is 0.357. The number of hydrogen-bond donors (Lipinski definition) is 1. The van der Waals surface area contributed by atoms with Crippen LogP contribution in [0.15, 0.2) is 42.6 Å². The van der Waals surface area contributed by atoms with Gasteiger partial charge in [0, 0.05) is 49.7 Å². The van der Waals surface area contributed by atoms with E-state index < -0.39 is 0 Å². The molecular weight excluding hydrogens is 484 g/mol. The lowest BCUT2D eigenvalue weighted by Crippen LogP contribution is -2.42. The zero-order valence-electron chi connectivity index (χ0n) is 22.3. The average molecular weight is 517 g/mol. The second kappa shape index (κ2) is 11.8. The van der Waals surface area contributed by atoms with E-state index in [-0.39, 0.29) is 11.9 Å². The van der Waals surface area contributed by atoms with E-state index in [1.165, 1.54) is 7.11 Å². The van der Waals surface area contributed by atoms with Crippen molar-refractivity contribution in [3.05, 3.63) is 53.7 Å². The summed E-state index contributed by atoms with van der Waals surface area (Å²) in [5.41, 5.74) is 3.46. The van der Waals surface area contributed by atoms with Gasteiger partial charge < -0.3 is 24.4 Å². The lowest BCUT2D eigenvalue weighted by Gasteiger charge is -2.27. The zero-order valence-corrected chi connectivity index (χ0v) is 22.3. The SMILES string of the molecule is COc1ccc(-c2ccnc(Nc3cc(CN4CCC[C@H]4C(=O)N(C)C)c(OC)c(OC)c3)n2)cc1C#N. The predicted octanol–water partition coefficient (Wildman–Crippen LogP) is 3.84. The normalized spacial score (nSPS) is 15.0. The molecule has 1 saturated heterocycles. The molecule has 2 aromatic carbocycles. The summed E-state index contributed by atoms with van der Waals surface area (Å²) >= 11 is 0. The minimum Gasteiger partial charge on any atom is -0.495 e. The maximum atomic E-state index is 12.7. The highest BCUT2D eigenvalue weighted by Crippen LogP contribution is 2.37. The second-order valence-corrected chi connectivity index (χ2v) is 9.15. The van der Waals surface area contributed by atoms with Crippen molar-refractivity contribution in [1.82, 2.24) is 19.8 Å². The summed E-state index contributed by atoms with van der Waals surface area (Å²) in [6.45, 7) is 1.36. The lowest BCUT2D eigenvalue weighted by molar-refractivity contribution is -0.133. The Morgan fingerprint density at radius 2 is 1.92 bits per heavy atom. The quantitative estimate of drug-likeness (QED) is 0.453. The molecule has 3 aromatic rings. The fourth-order valence-corrected chi connectivity index (χ4v) is 4.71. The summed E-state index contributed by atoms with van der Waals surface area (Å²) in [4.78, 5) is 25.6. The van der Waals surface area contributed by atoms with Crippen molar-refractivity contribution in [2.24, 2.45) is 0 Å². The topological polar surface area (TPSA) is 113 Å². The minimum atomic E-state index is -0.167. The number of nitrogens with one attached hydrogen (secondary N) is 1. The Morgan fingerprint density at radius 1 is 1.13 bits per heavy atom. The molecule has 10 heteroatoms. The van der Waals surface area contributed by atoms with Crippen molar-refractivity contribution in [3.8, 4) is 34.6 Å². The third kappa shape index (κ3) is 5.63. The number of rotatable bonds is 9. The highest BCUT2D eigenvalue weighted by molar-refractivity contribution is 5.81. The van der Waals surface area contributed by atoms with E-state index in [9.17, 15) is 10.1 Å². The van der Waals surface area contributed by atoms with Crippen LogP contribution in [0.3, 0.4) is 0 Å². The maximum Gasteiger partial charge on any atom is 0.239 e. The number of anilines is 2. The molecule has 2 heterocycles. The zero-order chi connectivity index (χ0) is 27.2. The van der Waals surface area contributed by atoms with E-state index in [0.717, 1.165) is 36.2 Å². The number of ether oxygens (including phenoxy) is 3. The summed E-state index contributed by atoms with van der Waals surface area (Å²) in [6.07, 6.45) is 3.44. The minimum absolute atomic E-state index is 0.103. The van der Waals surface area contributed by atoms with Gasteiger partial charge in [-0.15, -0.1) is 0 Å². The van der Waals surface area contributed by atoms with Crippen molar-refractivity contribution >= 4 is 17.5 Å². The molecule has 0 bridgehead atoms. The van der Waals surface area contributed by atoms with Crippen LogP contribution >= 0.6 is 0 Å². The number of amides is 1. The number of likely N-dealkylation sites (tertiary alicyclic amines) is 1. The smallest absolute Gasteiger partial charge is 0.239 e. The van der Waals surface area contributed by atoms with Crippen molar-refractivity contribution in [2.45, 2.75) is 25.4 Å². The monoisotopic (exact) mass is 516 g/mol. The molecular formula is C28H32N6O4.